The van der Waals surface area contributed by atoms with Crippen molar-refractivity contribution in [3.63, 3.8) is 0 Å². The van der Waals surface area contributed by atoms with Gasteiger partial charge in [-0.2, -0.15) is 0 Å². The number of rotatable bonds is 12. The summed E-state index contributed by atoms with van der Waals surface area (Å²) in [4.78, 5) is 10.9. The molecule has 0 unspecified atom stereocenters. The van der Waals surface area contributed by atoms with Crippen LogP contribution in [-0.4, -0.2) is 19.0 Å². The molecule has 0 amide bonds. The van der Waals surface area contributed by atoms with Crippen LogP contribution in [0.2, 0.25) is 0 Å². The van der Waals surface area contributed by atoms with Gasteiger partial charge in [-0.3, -0.25) is 4.57 Å². The Morgan fingerprint density at radius 3 is 2.19 bits per heavy atom. The molecule has 0 aliphatic heterocycles. The van der Waals surface area contributed by atoms with E-state index in [-0.39, 0.29) is 5.78 Å². The highest BCUT2D eigenvalue weighted by Gasteiger charge is 2.21. The SMILES string of the molecule is C#CCC/C(=C\P(=O)(OCC)OCC)CCCCC(C)=O. The predicted molar refractivity (Wildman–Crippen MR) is 86.2 cm³/mol. The topological polar surface area (TPSA) is 52.6 Å². The maximum atomic E-state index is 12.5. The molecule has 21 heavy (non-hydrogen) atoms. The summed E-state index contributed by atoms with van der Waals surface area (Å²) in [6.07, 6.45) is 9.62. The van der Waals surface area contributed by atoms with Crippen LogP contribution < -0.4 is 0 Å². The minimum Gasteiger partial charge on any atom is -0.306 e. The summed E-state index contributed by atoms with van der Waals surface area (Å²) in [7, 11) is -3.18. The summed E-state index contributed by atoms with van der Waals surface area (Å²) in [6.45, 7) is 5.83. The molecule has 0 aromatic heterocycles. The smallest absolute Gasteiger partial charge is 0.306 e. The average Bonchev–Trinajstić information content (AvgIpc) is 2.40. The van der Waals surface area contributed by atoms with Gasteiger partial charge in [-0.1, -0.05) is 5.57 Å². The van der Waals surface area contributed by atoms with E-state index in [0.29, 0.717) is 32.5 Å². The number of carbonyl (C=O) groups excluding carboxylic acids is 1. The third-order valence-corrected chi connectivity index (χ3v) is 4.74. The molecule has 0 rings (SSSR count). The van der Waals surface area contributed by atoms with Gasteiger partial charge in [0, 0.05) is 18.7 Å². The van der Waals surface area contributed by atoms with Crippen molar-refractivity contribution >= 4 is 13.4 Å². The molecule has 0 N–H and O–H groups in total. The Morgan fingerprint density at radius 2 is 1.71 bits per heavy atom. The molecule has 0 aromatic rings. The fourth-order valence-corrected chi connectivity index (χ4v) is 3.56. The summed E-state index contributed by atoms with van der Waals surface area (Å²) in [5.74, 6) is 4.40. The molecule has 0 saturated heterocycles. The van der Waals surface area contributed by atoms with Gasteiger partial charge < -0.3 is 13.8 Å². The second-order valence-electron chi connectivity index (χ2n) is 4.78. The number of terminal acetylenes is 1. The fraction of sp³-hybridized carbons (Fsp3) is 0.688. The lowest BCUT2D eigenvalue weighted by molar-refractivity contribution is -0.117. The van der Waals surface area contributed by atoms with Crippen molar-refractivity contribution in [3.8, 4) is 12.3 Å². The van der Waals surface area contributed by atoms with E-state index in [9.17, 15) is 9.36 Å². The second kappa shape index (κ2) is 11.7. The number of hydrogen-bond donors (Lipinski definition) is 0. The summed E-state index contributed by atoms with van der Waals surface area (Å²) in [5, 5.41) is 0. The first kappa shape index (κ1) is 20.1. The van der Waals surface area contributed by atoms with Crippen LogP contribution in [0.4, 0.5) is 0 Å². The summed E-state index contributed by atoms with van der Waals surface area (Å²) in [6, 6.07) is 0. The van der Waals surface area contributed by atoms with Crippen molar-refractivity contribution in [2.24, 2.45) is 0 Å². The van der Waals surface area contributed by atoms with Crippen LogP contribution in [0.1, 0.15) is 59.3 Å². The quantitative estimate of drug-likeness (QED) is 0.298. The molecule has 0 fully saturated rings. The van der Waals surface area contributed by atoms with Gasteiger partial charge in [0.05, 0.1) is 13.2 Å². The molecule has 5 heteroatoms. The van der Waals surface area contributed by atoms with Crippen molar-refractivity contribution in [3.05, 3.63) is 11.4 Å². The lowest BCUT2D eigenvalue weighted by atomic mass is 10.0. The van der Waals surface area contributed by atoms with Gasteiger partial charge in [0.15, 0.2) is 0 Å². The third kappa shape index (κ3) is 10.5. The van der Waals surface area contributed by atoms with E-state index in [2.05, 4.69) is 5.92 Å². The summed E-state index contributed by atoms with van der Waals surface area (Å²) < 4.78 is 23.1. The lowest BCUT2D eigenvalue weighted by Crippen LogP contribution is -1.96. The first-order valence-corrected chi connectivity index (χ1v) is 9.11. The zero-order valence-electron chi connectivity index (χ0n) is 13.4. The number of hydrogen-bond acceptors (Lipinski definition) is 4. The van der Waals surface area contributed by atoms with Gasteiger partial charge in [0.1, 0.15) is 5.78 Å². The second-order valence-corrected chi connectivity index (χ2v) is 6.63. The molecular weight excluding hydrogens is 287 g/mol. The van der Waals surface area contributed by atoms with Crippen molar-refractivity contribution in [2.45, 2.75) is 59.3 Å². The van der Waals surface area contributed by atoms with Gasteiger partial charge in [0.2, 0.25) is 0 Å². The Kier molecular flexibility index (Phi) is 11.3. The molecule has 0 spiro atoms. The van der Waals surface area contributed by atoms with Gasteiger partial charge in [-0.25, -0.2) is 0 Å². The maximum absolute atomic E-state index is 12.5. The molecule has 0 radical (unpaired) electrons. The fourth-order valence-electron chi connectivity index (χ4n) is 1.91. The number of ketones is 1. The number of carbonyl (C=O) groups is 1. The molecule has 4 nitrogen and oxygen atoms in total. The molecule has 0 aliphatic rings. The third-order valence-electron chi connectivity index (χ3n) is 2.83. The first-order chi connectivity index (χ1) is 9.97. The largest absolute Gasteiger partial charge is 0.354 e. The summed E-state index contributed by atoms with van der Waals surface area (Å²) >= 11 is 0. The standard InChI is InChI=1S/C16H27O4P/c1-5-8-12-16(13-10-9-11-15(4)17)14-21(18,19-6-2)20-7-3/h1,14H,6-13H2,2-4H3/b16-14+. The van der Waals surface area contributed by atoms with Gasteiger partial charge in [0.25, 0.3) is 0 Å². The maximum Gasteiger partial charge on any atom is 0.354 e. The monoisotopic (exact) mass is 314 g/mol. The van der Waals surface area contributed by atoms with Crippen molar-refractivity contribution < 1.29 is 18.4 Å². The Bertz CT molecular complexity index is 410. The summed E-state index contributed by atoms with van der Waals surface area (Å²) in [5.41, 5.74) is 0.988. The minimum atomic E-state index is -3.18. The van der Waals surface area contributed by atoms with Crippen LogP contribution in [0.5, 0.6) is 0 Å². The molecule has 120 valence electrons. The van der Waals surface area contributed by atoms with Crippen LogP contribution >= 0.6 is 7.60 Å². The number of Topliss-reactive ketones (excluding diaryl/α,β-unsaturated/α-hetero) is 1. The van der Waals surface area contributed by atoms with E-state index in [1.165, 1.54) is 0 Å². The Labute approximate surface area is 128 Å². The Morgan fingerprint density at radius 1 is 1.14 bits per heavy atom. The van der Waals surface area contributed by atoms with E-state index in [0.717, 1.165) is 24.8 Å². The molecule has 0 atom stereocenters. The highest BCUT2D eigenvalue weighted by molar-refractivity contribution is 7.57. The van der Waals surface area contributed by atoms with E-state index >= 15 is 0 Å². The minimum absolute atomic E-state index is 0.193. The first-order valence-electron chi connectivity index (χ1n) is 7.49. The van der Waals surface area contributed by atoms with Crippen LogP contribution in [0.25, 0.3) is 0 Å². The zero-order valence-corrected chi connectivity index (χ0v) is 14.3. The van der Waals surface area contributed by atoms with E-state index in [1.807, 2.05) is 0 Å². The molecule has 0 heterocycles. The number of unbranched alkanes of at least 4 members (excludes halogenated alkanes) is 1. The molecule has 0 aliphatic carbocycles. The zero-order chi connectivity index (χ0) is 16.1. The molecule has 0 aromatic carbocycles. The van der Waals surface area contributed by atoms with Crippen molar-refractivity contribution in [1.82, 2.24) is 0 Å². The highest BCUT2D eigenvalue weighted by atomic mass is 31.2. The number of allylic oxidation sites excluding steroid dienone is 1. The van der Waals surface area contributed by atoms with Gasteiger partial charge in [-0.15, -0.1) is 12.3 Å². The van der Waals surface area contributed by atoms with Crippen LogP contribution in [0.15, 0.2) is 11.4 Å². The van der Waals surface area contributed by atoms with Crippen LogP contribution in [-0.2, 0) is 18.4 Å². The predicted octanol–water partition coefficient (Wildman–Crippen LogP) is 4.70. The normalized spacial score (nSPS) is 12.2. The van der Waals surface area contributed by atoms with Crippen LogP contribution in [0, 0.1) is 12.3 Å². The van der Waals surface area contributed by atoms with Crippen molar-refractivity contribution in [2.75, 3.05) is 13.2 Å². The highest BCUT2D eigenvalue weighted by Crippen LogP contribution is 2.51. The Balaban J connectivity index is 4.75. The van der Waals surface area contributed by atoms with Crippen molar-refractivity contribution in [1.29, 1.82) is 0 Å². The van der Waals surface area contributed by atoms with E-state index < -0.39 is 7.60 Å². The molecular formula is C16H27O4P. The van der Waals surface area contributed by atoms with Gasteiger partial charge in [-0.05, 0) is 46.5 Å². The average molecular weight is 314 g/mol. The van der Waals surface area contributed by atoms with E-state index in [4.69, 9.17) is 15.5 Å². The lowest BCUT2D eigenvalue weighted by Gasteiger charge is -2.15. The molecule has 0 bridgehead atoms. The van der Waals surface area contributed by atoms with Crippen LogP contribution in [0.3, 0.4) is 0 Å². The Hall–Kier alpha value is -0.880. The van der Waals surface area contributed by atoms with Gasteiger partial charge >= 0.3 is 7.60 Å². The van der Waals surface area contributed by atoms with E-state index in [1.54, 1.807) is 26.6 Å². The molecule has 0 saturated carbocycles.